The highest BCUT2D eigenvalue weighted by molar-refractivity contribution is 5.78. The van der Waals surface area contributed by atoms with Gasteiger partial charge >= 0.3 is 0 Å². The van der Waals surface area contributed by atoms with E-state index in [0.29, 0.717) is 18.0 Å². The fourth-order valence-electron chi connectivity index (χ4n) is 2.84. The van der Waals surface area contributed by atoms with Gasteiger partial charge in [0.2, 0.25) is 5.91 Å². The first-order valence-corrected chi connectivity index (χ1v) is 7.29. The number of nitrogens with zero attached hydrogens (tertiary/aromatic N) is 1. The lowest BCUT2D eigenvalue weighted by atomic mass is 10.0. The summed E-state index contributed by atoms with van der Waals surface area (Å²) in [6.07, 6.45) is 4.55. The molecule has 4 nitrogen and oxygen atoms in total. The molecule has 0 spiro atoms. The van der Waals surface area contributed by atoms with Gasteiger partial charge in [-0.3, -0.25) is 4.79 Å². The van der Waals surface area contributed by atoms with Crippen molar-refractivity contribution in [3.05, 3.63) is 0 Å². The summed E-state index contributed by atoms with van der Waals surface area (Å²) in [7, 11) is 0. The van der Waals surface area contributed by atoms with Crippen LogP contribution in [0.5, 0.6) is 0 Å². The summed E-state index contributed by atoms with van der Waals surface area (Å²) in [5.41, 5.74) is 0. The zero-order chi connectivity index (χ0) is 13.0. The van der Waals surface area contributed by atoms with Gasteiger partial charge in [-0.2, -0.15) is 0 Å². The van der Waals surface area contributed by atoms with Gasteiger partial charge in [-0.25, -0.2) is 0 Å². The van der Waals surface area contributed by atoms with Gasteiger partial charge in [0.25, 0.3) is 0 Å². The minimum atomic E-state index is 0.126. The molecule has 1 amide bonds. The molecule has 18 heavy (non-hydrogen) atoms. The molecule has 1 atom stereocenters. The first kappa shape index (κ1) is 13.8. The van der Waals surface area contributed by atoms with Crippen molar-refractivity contribution in [2.45, 2.75) is 51.6 Å². The van der Waals surface area contributed by atoms with Crippen LogP contribution >= 0.6 is 0 Å². The lowest BCUT2D eigenvalue weighted by molar-refractivity contribution is -0.135. The van der Waals surface area contributed by atoms with Crippen molar-refractivity contribution in [3.8, 4) is 0 Å². The van der Waals surface area contributed by atoms with Crippen LogP contribution in [0.15, 0.2) is 0 Å². The molecule has 2 saturated heterocycles. The minimum Gasteiger partial charge on any atom is -0.380 e. The molecule has 4 heteroatoms. The number of amides is 1. The highest BCUT2D eigenvalue weighted by Gasteiger charge is 2.26. The van der Waals surface area contributed by atoms with Crippen LogP contribution in [0.2, 0.25) is 0 Å². The van der Waals surface area contributed by atoms with Crippen molar-refractivity contribution in [2.75, 3.05) is 26.3 Å². The van der Waals surface area contributed by atoms with Crippen LogP contribution in [0.3, 0.4) is 0 Å². The Morgan fingerprint density at radius 1 is 1.22 bits per heavy atom. The minimum absolute atomic E-state index is 0.126. The Balaban J connectivity index is 1.71. The van der Waals surface area contributed by atoms with Crippen LogP contribution in [0.4, 0.5) is 0 Å². The van der Waals surface area contributed by atoms with E-state index in [9.17, 15) is 4.79 Å². The van der Waals surface area contributed by atoms with E-state index in [1.54, 1.807) is 0 Å². The molecule has 0 radical (unpaired) electrons. The highest BCUT2D eigenvalue weighted by Crippen LogP contribution is 2.15. The summed E-state index contributed by atoms with van der Waals surface area (Å²) in [6.45, 7) is 7.53. The molecule has 0 aliphatic carbocycles. The van der Waals surface area contributed by atoms with Crippen LogP contribution < -0.4 is 5.32 Å². The molecule has 104 valence electrons. The van der Waals surface area contributed by atoms with Crippen LogP contribution in [0, 0.1) is 5.92 Å². The van der Waals surface area contributed by atoms with E-state index in [0.717, 1.165) is 39.1 Å². The first-order valence-electron chi connectivity index (χ1n) is 7.29. The summed E-state index contributed by atoms with van der Waals surface area (Å²) >= 11 is 0. The van der Waals surface area contributed by atoms with Crippen LogP contribution in [-0.2, 0) is 9.53 Å². The van der Waals surface area contributed by atoms with Gasteiger partial charge in [0.05, 0.1) is 6.61 Å². The largest absolute Gasteiger partial charge is 0.380 e. The van der Waals surface area contributed by atoms with Crippen molar-refractivity contribution in [1.82, 2.24) is 10.2 Å². The van der Waals surface area contributed by atoms with Gasteiger partial charge in [-0.1, -0.05) is 13.8 Å². The van der Waals surface area contributed by atoms with E-state index in [-0.39, 0.29) is 5.92 Å². The maximum absolute atomic E-state index is 11.9. The molecule has 2 fully saturated rings. The van der Waals surface area contributed by atoms with E-state index in [1.807, 2.05) is 18.7 Å². The van der Waals surface area contributed by atoms with Gasteiger partial charge in [0.1, 0.15) is 0 Å². The summed E-state index contributed by atoms with van der Waals surface area (Å²) in [6, 6.07) is 1.09. The average molecular weight is 254 g/mol. The zero-order valence-electron chi connectivity index (χ0n) is 11.7. The number of hydrogen-bond donors (Lipinski definition) is 1. The molecule has 0 saturated carbocycles. The van der Waals surface area contributed by atoms with Crippen molar-refractivity contribution in [1.29, 1.82) is 0 Å². The highest BCUT2D eigenvalue weighted by atomic mass is 16.5. The predicted octanol–water partition coefficient (Wildman–Crippen LogP) is 1.40. The lowest BCUT2D eigenvalue weighted by Gasteiger charge is -2.36. The number of likely N-dealkylation sites (tertiary alicyclic amines) is 1. The summed E-state index contributed by atoms with van der Waals surface area (Å²) < 4.78 is 5.49. The second-order valence-corrected chi connectivity index (χ2v) is 5.83. The zero-order valence-corrected chi connectivity index (χ0v) is 11.7. The van der Waals surface area contributed by atoms with Gasteiger partial charge in [0, 0.05) is 37.7 Å². The molecule has 2 aliphatic rings. The number of nitrogens with one attached hydrogen (secondary N) is 1. The average Bonchev–Trinajstić information content (AvgIpc) is 2.40. The third-order valence-electron chi connectivity index (χ3n) is 3.93. The Labute approximate surface area is 110 Å². The molecule has 1 unspecified atom stereocenters. The number of hydrogen-bond acceptors (Lipinski definition) is 3. The molecular weight excluding hydrogens is 228 g/mol. The normalized spacial score (nSPS) is 26.6. The lowest BCUT2D eigenvalue weighted by Crippen LogP contribution is -2.50. The maximum Gasteiger partial charge on any atom is 0.225 e. The van der Waals surface area contributed by atoms with E-state index >= 15 is 0 Å². The Morgan fingerprint density at radius 3 is 2.50 bits per heavy atom. The second kappa shape index (κ2) is 6.53. The van der Waals surface area contributed by atoms with Gasteiger partial charge in [-0.15, -0.1) is 0 Å². The van der Waals surface area contributed by atoms with E-state index in [2.05, 4.69) is 5.32 Å². The first-order chi connectivity index (χ1) is 8.66. The molecular formula is C14H26N2O2. The Bertz CT molecular complexity index is 267. The monoisotopic (exact) mass is 254 g/mol. The fourth-order valence-corrected chi connectivity index (χ4v) is 2.84. The smallest absolute Gasteiger partial charge is 0.225 e. The van der Waals surface area contributed by atoms with Gasteiger partial charge in [-0.05, 0) is 25.7 Å². The number of carbonyl (C=O) groups is 1. The van der Waals surface area contributed by atoms with Crippen LogP contribution in [-0.4, -0.2) is 49.2 Å². The topological polar surface area (TPSA) is 41.6 Å². The third-order valence-corrected chi connectivity index (χ3v) is 3.93. The van der Waals surface area contributed by atoms with Crippen molar-refractivity contribution in [2.24, 2.45) is 5.92 Å². The number of rotatable bonds is 3. The quantitative estimate of drug-likeness (QED) is 0.828. The van der Waals surface area contributed by atoms with Crippen LogP contribution in [0.25, 0.3) is 0 Å². The number of carbonyl (C=O) groups excluding carboxylic acids is 1. The second-order valence-electron chi connectivity index (χ2n) is 5.83. The Morgan fingerprint density at radius 2 is 1.94 bits per heavy atom. The molecule has 2 heterocycles. The summed E-state index contributed by atoms with van der Waals surface area (Å²) in [5, 5.41) is 3.68. The fraction of sp³-hybridized carbons (Fsp3) is 0.929. The molecule has 1 N–H and O–H groups in total. The van der Waals surface area contributed by atoms with Crippen LogP contribution in [0.1, 0.15) is 39.5 Å². The third kappa shape index (κ3) is 3.69. The van der Waals surface area contributed by atoms with Crippen molar-refractivity contribution >= 4 is 5.91 Å². The number of piperidine rings is 1. The SMILES string of the molecule is CC(C)C(=O)N1CCC(NC2CCCOC2)CC1. The number of ether oxygens (including phenoxy) is 1. The van der Waals surface area contributed by atoms with Gasteiger partial charge < -0.3 is 15.0 Å². The maximum atomic E-state index is 11.9. The van der Waals surface area contributed by atoms with Crippen molar-refractivity contribution in [3.63, 3.8) is 0 Å². The Kier molecular flexibility index (Phi) is 5.01. The molecule has 0 aromatic rings. The molecule has 0 bridgehead atoms. The molecule has 2 rings (SSSR count). The predicted molar refractivity (Wildman–Crippen MR) is 71.4 cm³/mol. The Hall–Kier alpha value is -0.610. The van der Waals surface area contributed by atoms with E-state index in [4.69, 9.17) is 4.74 Å². The molecule has 0 aromatic heterocycles. The standard InChI is InChI=1S/C14H26N2O2/c1-11(2)14(17)16-7-5-12(6-8-16)15-13-4-3-9-18-10-13/h11-13,15H,3-10H2,1-2H3. The van der Waals surface area contributed by atoms with E-state index in [1.165, 1.54) is 12.8 Å². The van der Waals surface area contributed by atoms with E-state index < -0.39 is 0 Å². The van der Waals surface area contributed by atoms with Crippen molar-refractivity contribution < 1.29 is 9.53 Å². The summed E-state index contributed by atoms with van der Waals surface area (Å²) in [4.78, 5) is 13.9. The van der Waals surface area contributed by atoms with Gasteiger partial charge in [0.15, 0.2) is 0 Å². The molecule has 0 aromatic carbocycles. The molecule has 2 aliphatic heterocycles. The summed E-state index contributed by atoms with van der Waals surface area (Å²) in [5.74, 6) is 0.427.